The van der Waals surface area contributed by atoms with Crippen molar-refractivity contribution in [2.45, 2.75) is 11.8 Å². The summed E-state index contributed by atoms with van der Waals surface area (Å²) in [7, 11) is 0. The molecule has 1 aliphatic rings. The summed E-state index contributed by atoms with van der Waals surface area (Å²) in [4.78, 5) is 14.8. The maximum atomic E-state index is 13.4. The second-order valence-electron chi connectivity index (χ2n) is 4.05. The summed E-state index contributed by atoms with van der Waals surface area (Å²) in [6, 6.07) is 3.49. The highest BCUT2D eigenvalue weighted by Crippen LogP contribution is 2.46. The number of halogens is 5. The van der Waals surface area contributed by atoms with Crippen LogP contribution in [0.1, 0.15) is 5.56 Å². The van der Waals surface area contributed by atoms with Crippen LogP contribution in [0.15, 0.2) is 35.1 Å². The van der Waals surface area contributed by atoms with Crippen LogP contribution in [0.25, 0.3) is 0 Å². The molecular formula is C11H7Cl2F3N2O2. The minimum Gasteiger partial charge on any atom is -0.268 e. The summed E-state index contributed by atoms with van der Waals surface area (Å²) in [5, 5.41) is 2.59. The average molecular weight is 327 g/mol. The van der Waals surface area contributed by atoms with E-state index in [0.717, 1.165) is 18.2 Å². The Balaban J connectivity index is 2.57. The SMILES string of the molecule is O=NCC1=CC(c2cc(Cl)cc(Cl)c2)(C(F)(F)F)ON1. The number of hydrogen-bond acceptors (Lipinski definition) is 4. The Morgan fingerprint density at radius 3 is 2.35 bits per heavy atom. The number of nitroso groups, excluding NO2 is 1. The monoisotopic (exact) mass is 326 g/mol. The van der Waals surface area contributed by atoms with Crippen LogP contribution in [0, 0.1) is 4.91 Å². The fraction of sp³-hybridized carbons (Fsp3) is 0.273. The van der Waals surface area contributed by atoms with Crippen molar-refractivity contribution in [2.75, 3.05) is 6.54 Å². The molecule has 1 heterocycles. The number of alkyl halides is 3. The van der Waals surface area contributed by atoms with E-state index in [9.17, 15) is 18.1 Å². The molecule has 1 N–H and O–H groups in total. The van der Waals surface area contributed by atoms with Gasteiger partial charge in [-0.3, -0.25) is 10.3 Å². The van der Waals surface area contributed by atoms with E-state index in [2.05, 4.69) is 15.5 Å². The summed E-state index contributed by atoms with van der Waals surface area (Å²) >= 11 is 11.4. The quantitative estimate of drug-likeness (QED) is 0.856. The van der Waals surface area contributed by atoms with Gasteiger partial charge in [-0.25, -0.2) is 0 Å². The molecule has 1 atom stereocenters. The topological polar surface area (TPSA) is 50.7 Å². The minimum absolute atomic E-state index is 0.0371. The number of nitrogens with zero attached hydrogens (tertiary/aromatic N) is 1. The number of hydrogen-bond donors (Lipinski definition) is 1. The van der Waals surface area contributed by atoms with Crippen molar-refractivity contribution in [3.05, 3.63) is 50.5 Å². The van der Waals surface area contributed by atoms with Gasteiger partial charge in [0.05, 0.1) is 5.70 Å². The van der Waals surface area contributed by atoms with E-state index in [1.54, 1.807) is 0 Å². The predicted molar refractivity (Wildman–Crippen MR) is 67.2 cm³/mol. The standard InChI is InChI=1S/C11H7Cl2F3N2O2/c12-7-1-6(2-8(13)3-7)10(11(14,15)16)4-9(5-17-19)18-20-10/h1-4,18H,5H2. The molecule has 1 unspecified atom stereocenters. The molecule has 0 radical (unpaired) electrons. The number of nitrogens with one attached hydrogen (secondary N) is 1. The maximum Gasteiger partial charge on any atom is 0.428 e. The molecule has 108 valence electrons. The molecule has 0 amide bonds. The molecule has 1 aromatic carbocycles. The largest absolute Gasteiger partial charge is 0.428 e. The van der Waals surface area contributed by atoms with Crippen LogP contribution in [0.2, 0.25) is 10.0 Å². The molecule has 0 aliphatic carbocycles. The third-order valence-electron chi connectivity index (χ3n) is 2.67. The lowest BCUT2D eigenvalue weighted by Crippen LogP contribution is -2.42. The van der Waals surface area contributed by atoms with E-state index in [4.69, 9.17) is 23.2 Å². The Labute approximate surface area is 121 Å². The summed E-state index contributed by atoms with van der Waals surface area (Å²) in [5.41, 5.74) is -1.09. The van der Waals surface area contributed by atoms with Crippen molar-refractivity contribution < 1.29 is 18.0 Å². The molecule has 0 fully saturated rings. The molecule has 9 heteroatoms. The highest BCUT2D eigenvalue weighted by atomic mass is 35.5. The summed E-state index contributed by atoms with van der Waals surface area (Å²) < 4.78 is 40.1. The van der Waals surface area contributed by atoms with Crippen LogP contribution in [-0.2, 0) is 10.4 Å². The van der Waals surface area contributed by atoms with Gasteiger partial charge in [0, 0.05) is 15.6 Å². The Morgan fingerprint density at radius 1 is 1.25 bits per heavy atom. The number of hydroxylamine groups is 1. The first-order chi connectivity index (χ1) is 9.28. The molecule has 0 aromatic heterocycles. The van der Waals surface area contributed by atoms with E-state index in [1.165, 1.54) is 6.07 Å². The lowest BCUT2D eigenvalue weighted by atomic mass is 9.92. The zero-order valence-electron chi connectivity index (χ0n) is 9.67. The Morgan fingerprint density at radius 2 is 1.85 bits per heavy atom. The van der Waals surface area contributed by atoms with Gasteiger partial charge in [0.1, 0.15) is 6.54 Å². The lowest BCUT2D eigenvalue weighted by Gasteiger charge is -2.28. The second kappa shape index (κ2) is 5.23. The van der Waals surface area contributed by atoms with Gasteiger partial charge in [0.25, 0.3) is 0 Å². The highest BCUT2D eigenvalue weighted by Gasteiger charge is 2.59. The van der Waals surface area contributed by atoms with Crippen LogP contribution in [0.3, 0.4) is 0 Å². The van der Waals surface area contributed by atoms with E-state index in [1.807, 2.05) is 0 Å². The molecule has 20 heavy (non-hydrogen) atoms. The molecular weight excluding hydrogens is 320 g/mol. The second-order valence-corrected chi connectivity index (χ2v) is 4.93. The third-order valence-corrected chi connectivity index (χ3v) is 3.10. The Bertz CT molecular complexity index is 557. The van der Waals surface area contributed by atoms with E-state index in [0.29, 0.717) is 0 Å². The lowest BCUT2D eigenvalue weighted by molar-refractivity contribution is -0.270. The van der Waals surface area contributed by atoms with Gasteiger partial charge in [-0.05, 0) is 24.3 Å². The van der Waals surface area contributed by atoms with Gasteiger partial charge in [0.2, 0.25) is 5.60 Å². The smallest absolute Gasteiger partial charge is 0.268 e. The van der Waals surface area contributed by atoms with Crippen molar-refractivity contribution in [1.29, 1.82) is 0 Å². The van der Waals surface area contributed by atoms with Crippen molar-refractivity contribution in [2.24, 2.45) is 5.18 Å². The van der Waals surface area contributed by atoms with Gasteiger partial charge in [-0.15, -0.1) is 0 Å². The zero-order valence-corrected chi connectivity index (χ0v) is 11.2. The first kappa shape index (κ1) is 15.1. The third kappa shape index (κ3) is 2.61. The van der Waals surface area contributed by atoms with Gasteiger partial charge in [-0.1, -0.05) is 28.4 Å². The minimum atomic E-state index is -4.78. The summed E-state index contributed by atoms with van der Waals surface area (Å²) in [5.74, 6) is 0. The molecule has 4 nitrogen and oxygen atoms in total. The normalized spacial score (nSPS) is 22.4. The summed E-state index contributed by atoms with van der Waals surface area (Å²) in [6.07, 6.45) is -4.03. The van der Waals surface area contributed by atoms with Crippen LogP contribution >= 0.6 is 23.2 Å². The van der Waals surface area contributed by atoms with Crippen LogP contribution in [0.5, 0.6) is 0 Å². The van der Waals surface area contributed by atoms with Crippen molar-refractivity contribution in [3.8, 4) is 0 Å². The molecule has 0 bridgehead atoms. The van der Waals surface area contributed by atoms with E-state index >= 15 is 0 Å². The van der Waals surface area contributed by atoms with Gasteiger partial charge >= 0.3 is 6.18 Å². The van der Waals surface area contributed by atoms with Crippen LogP contribution < -0.4 is 5.48 Å². The fourth-order valence-electron chi connectivity index (χ4n) is 1.81. The first-order valence-corrected chi connectivity index (χ1v) is 6.02. The zero-order chi connectivity index (χ0) is 15.0. The molecule has 0 spiro atoms. The molecule has 2 rings (SSSR count). The van der Waals surface area contributed by atoms with Crippen LogP contribution in [0.4, 0.5) is 13.2 Å². The molecule has 0 saturated carbocycles. The van der Waals surface area contributed by atoms with Crippen molar-refractivity contribution in [3.63, 3.8) is 0 Å². The van der Waals surface area contributed by atoms with Crippen molar-refractivity contribution in [1.82, 2.24) is 5.48 Å². The van der Waals surface area contributed by atoms with E-state index < -0.39 is 18.3 Å². The fourth-order valence-corrected chi connectivity index (χ4v) is 2.34. The average Bonchev–Trinajstić information content (AvgIpc) is 2.73. The molecule has 0 saturated heterocycles. The van der Waals surface area contributed by atoms with Crippen molar-refractivity contribution >= 4 is 23.2 Å². The summed E-state index contributed by atoms with van der Waals surface area (Å²) in [6.45, 7) is -0.466. The van der Waals surface area contributed by atoms with Gasteiger partial charge < -0.3 is 0 Å². The predicted octanol–water partition coefficient (Wildman–Crippen LogP) is 3.94. The van der Waals surface area contributed by atoms with E-state index in [-0.39, 0.29) is 21.3 Å². The Kier molecular flexibility index (Phi) is 3.95. The maximum absolute atomic E-state index is 13.4. The highest BCUT2D eigenvalue weighted by molar-refractivity contribution is 6.34. The van der Waals surface area contributed by atoms with Gasteiger partial charge in [0.15, 0.2) is 0 Å². The number of benzene rings is 1. The molecule has 1 aliphatic heterocycles. The first-order valence-electron chi connectivity index (χ1n) is 5.26. The molecule has 1 aromatic rings. The van der Waals surface area contributed by atoms with Crippen LogP contribution in [-0.4, -0.2) is 12.7 Å². The van der Waals surface area contributed by atoms with Gasteiger partial charge in [-0.2, -0.15) is 18.1 Å². The number of rotatable bonds is 3. The Hall–Kier alpha value is -1.31.